The van der Waals surface area contributed by atoms with Crippen molar-refractivity contribution in [3.63, 3.8) is 0 Å². The Bertz CT molecular complexity index is 670. The number of carbonyl (C=O) groups is 1. The standard InChI is InChI=1S/C16H15BrN2OS/c1-19(16(20)12-5-7-14(17)8-6-12)10-11-3-2-4-13(9-11)15(18)21/h2-9H,10H2,1H3,(H2,18,21). The molecule has 0 saturated carbocycles. The number of carbonyl (C=O) groups excluding carboxylic acids is 1. The van der Waals surface area contributed by atoms with Gasteiger partial charge in [-0.2, -0.15) is 0 Å². The molecule has 0 heterocycles. The van der Waals surface area contributed by atoms with Crippen molar-refractivity contribution in [2.75, 3.05) is 7.05 Å². The molecule has 5 heteroatoms. The van der Waals surface area contributed by atoms with Crippen molar-refractivity contribution in [1.82, 2.24) is 4.90 Å². The first kappa shape index (κ1) is 15.7. The van der Waals surface area contributed by atoms with Gasteiger partial charge in [0.1, 0.15) is 4.99 Å². The quantitative estimate of drug-likeness (QED) is 0.848. The summed E-state index contributed by atoms with van der Waals surface area (Å²) >= 11 is 8.33. The Hall–Kier alpha value is -1.72. The lowest BCUT2D eigenvalue weighted by Gasteiger charge is -2.18. The van der Waals surface area contributed by atoms with Crippen LogP contribution in [-0.2, 0) is 6.54 Å². The van der Waals surface area contributed by atoms with Gasteiger partial charge < -0.3 is 10.6 Å². The zero-order valence-corrected chi connectivity index (χ0v) is 13.9. The zero-order valence-electron chi connectivity index (χ0n) is 11.5. The first-order valence-electron chi connectivity index (χ1n) is 6.37. The molecule has 0 saturated heterocycles. The molecule has 108 valence electrons. The summed E-state index contributed by atoms with van der Waals surface area (Å²) in [6.45, 7) is 0.505. The van der Waals surface area contributed by atoms with Crippen molar-refractivity contribution in [1.29, 1.82) is 0 Å². The summed E-state index contributed by atoms with van der Waals surface area (Å²) in [6, 6.07) is 14.9. The number of amides is 1. The van der Waals surface area contributed by atoms with Crippen LogP contribution in [0.1, 0.15) is 21.5 Å². The summed E-state index contributed by atoms with van der Waals surface area (Å²) in [5.74, 6) is -0.0248. The first-order chi connectivity index (χ1) is 9.97. The molecule has 0 radical (unpaired) electrons. The van der Waals surface area contributed by atoms with E-state index in [1.165, 1.54) is 0 Å². The summed E-state index contributed by atoms with van der Waals surface area (Å²) in [6.07, 6.45) is 0. The maximum atomic E-state index is 12.3. The molecule has 2 rings (SSSR count). The van der Waals surface area contributed by atoms with E-state index in [2.05, 4.69) is 15.9 Å². The van der Waals surface area contributed by atoms with E-state index >= 15 is 0 Å². The normalized spacial score (nSPS) is 10.2. The molecule has 0 spiro atoms. The number of nitrogens with zero attached hydrogens (tertiary/aromatic N) is 1. The fourth-order valence-electron chi connectivity index (χ4n) is 1.98. The number of benzene rings is 2. The Kier molecular flexibility index (Phi) is 5.09. The third-order valence-corrected chi connectivity index (χ3v) is 3.83. The number of thiocarbonyl (C=S) groups is 1. The van der Waals surface area contributed by atoms with Crippen molar-refractivity contribution < 1.29 is 4.79 Å². The van der Waals surface area contributed by atoms with Crippen molar-refractivity contribution in [2.45, 2.75) is 6.54 Å². The first-order valence-corrected chi connectivity index (χ1v) is 7.57. The van der Waals surface area contributed by atoms with E-state index in [4.69, 9.17) is 18.0 Å². The Morgan fingerprint density at radius 2 is 1.86 bits per heavy atom. The summed E-state index contributed by atoms with van der Waals surface area (Å²) < 4.78 is 0.950. The van der Waals surface area contributed by atoms with Crippen LogP contribution in [0.15, 0.2) is 53.0 Å². The van der Waals surface area contributed by atoms with E-state index in [1.807, 2.05) is 36.4 Å². The van der Waals surface area contributed by atoms with Crippen LogP contribution in [0, 0.1) is 0 Å². The predicted octanol–water partition coefficient (Wildman–Crippen LogP) is 3.36. The van der Waals surface area contributed by atoms with E-state index < -0.39 is 0 Å². The number of hydrogen-bond acceptors (Lipinski definition) is 2. The molecule has 0 aliphatic heterocycles. The molecular weight excluding hydrogens is 348 g/mol. The lowest BCUT2D eigenvalue weighted by atomic mass is 10.1. The highest BCUT2D eigenvalue weighted by atomic mass is 79.9. The van der Waals surface area contributed by atoms with Gasteiger partial charge in [0.05, 0.1) is 0 Å². The largest absolute Gasteiger partial charge is 0.389 e. The third kappa shape index (κ3) is 4.12. The van der Waals surface area contributed by atoms with Gasteiger partial charge in [-0.3, -0.25) is 4.79 Å². The van der Waals surface area contributed by atoms with Gasteiger partial charge in [-0.1, -0.05) is 46.3 Å². The molecule has 1 amide bonds. The SMILES string of the molecule is CN(Cc1cccc(C(N)=S)c1)C(=O)c1ccc(Br)cc1. The van der Waals surface area contributed by atoms with Gasteiger partial charge in [-0.25, -0.2) is 0 Å². The minimum atomic E-state index is -0.0248. The molecule has 2 aromatic carbocycles. The van der Waals surface area contributed by atoms with Crippen LogP contribution in [0.3, 0.4) is 0 Å². The number of nitrogens with two attached hydrogens (primary N) is 1. The average Bonchev–Trinajstić information content (AvgIpc) is 2.47. The maximum absolute atomic E-state index is 12.3. The molecule has 0 aromatic heterocycles. The van der Waals surface area contributed by atoms with Crippen LogP contribution in [0.4, 0.5) is 0 Å². The summed E-state index contributed by atoms with van der Waals surface area (Å²) in [5, 5.41) is 0. The Labute approximate surface area is 137 Å². The van der Waals surface area contributed by atoms with E-state index in [9.17, 15) is 4.79 Å². The topological polar surface area (TPSA) is 46.3 Å². The van der Waals surface area contributed by atoms with Gasteiger partial charge in [0.25, 0.3) is 5.91 Å². The number of rotatable bonds is 4. The van der Waals surface area contributed by atoms with Gasteiger partial charge in [0.2, 0.25) is 0 Å². The molecule has 0 atom stereocenters. The zero-order chi connectivity index (χ0) is 15.4. The molecule has 0 unspecified atom stereocenters. The van der Waals surface area contributed by atoms with Crippen molar-refractivity contribution in [2.24, 2.45) is 5.73 Å². The number of halogens is 1. The van der Waals surface area contributed by atoms with Crippen molar-refractivity contribution >= 4 is 39.0 Å². The molecule has 0 fully saturated rings. The van der Waals surface area contributed by atoms with Gasteiger partial charge in [0.15, 0.2) is 0 Å². The number of hydrogen-bond donors (Lipinski definition) is 1. The molecule has 21 heavy (non-hydrogen) atoms. The van der Waals surface area contributed by atoms with E-state index in [0.717, 1.165) is 15.6 Å². The van der Waals surface area contributed by atoms with Gasteiger partial charge in [-0.15, -0.1) is 0 Å². The highest BCUT2D eigenvalue weighted by Gasteiger charge is 2.12. The van der Waals surface area contributed by atoms with E-state index in [0.29, 0.717) is 17.1 Å². The van der Waals surface area contributed by atoms with Crippen LogP contribution < -0.4 is 5.73 Å². The van der Waals surface area contributed by atoms with Crippen LogP contribution in [0.5, 0.6) is 0 Å². The maximum Gasteiger partial charge on any atom is 0.253 e. The molecule has 0 aliphatic rings. The minimum Gasteiger partial charge on any atom is -0.389 e. The van der Waals surface area contributed by atoms with Crippen LogP contribution in [0.25, 0.3) is 0 Å². The Balaban J connectivity index is 2.12. The van der Waals surface area contributed by atoms with Crippen molar-refractivity contribution in [3.05, 3.63) is 69.7 Å². The lowest BCUT2D eigenvalue weighted by Crippen LogP contribution is -2.26. The van der Waals surface area contributed by atoms with Gasteiger partial charge >= 0.3 is 0 Å². The van der Waals surface area contributed by atoms with Gasteiger partial charge in [-0.05, 0) is 35.9 Å². The second-order valence-electron chi connectivity index (χ2n) is 4.73. The summed E-state index contributed by atoms with van der Waals surface area (Å²) in [7, 11) is 1.78. The Morgan fingerprint density at radius 3 is 2.48 bits per heavy atom. The van der Waals surface area contributed by atoms with E-state index in [-0.39, 0.29) is 5.91 Å². The fraction of sp³-hybridized carbons (Fsp3) is 0.125. The molecule has 2 aromatic rings. The second-order valence-corrected chi connectivity index (χ2v) is 6.09. The molecule has 2 N–H and O–H groups in total. The third-order valence-electron chi connectivity index (χ3n) is 3.07. The molecule has 0 bridgehead atoms. The van der Waals surface area contributed by atoms with Crippen LogP contribution in [0.2, 0.25) is 0 Å². The lowest BCUT2D eigenvalue weighted by molar-refractivity contribution is 0.0785. The van der Waals surface area contributed by atoms with Gasteiger partial charge in [0, 0.05) is 29.2 Å². The smallest absolute Gasteiger partial charge is 0.253 e. The molecule has 0 aliphatic carbocycles. The van der Waals surface area contributed by atoms with Crippen LogP contribution >= 0.6 is 28.1 Å². The average molecular weight is 363 g/mol. The Morgan fingerprint density at radius 1 is 1.19 bits per heavy atom. The van der Waals surface area contributed by atoms with E-state index in [1.54, 1.807) is 24.1 Å². The van der Waals surface area contributed by atoms with Crippen LogP contribution in [-0.4, -0.2) is 22.8 Å². The molecule has 3 nitrogen and oxygen atoms in total. The summed E-state index contributed by atoms with van der Waals surface area (Å²) in [5.41, 5.74) is 8.09. The molecular formula is C16H15BrN2OS. The highest BCUT2D eigenvalue weighted by molar-refractivity contribution is 9.10. The minimum absolute atomic E-state index is 0.0248. The predicted molar refractivity (Wildman–Crippen MR) is 92.3 cm³/mol. The fourth-order valence-corrected chi connectivity index (χ4v) is 2.37. The monoisotopic (exact) mass is 362 g/mol. The highest BCUT2D eigenvalue weighted by Crippen LogP contribution is 2.14. The second kappa shape index (κ2) is 6.83. The summed E-state index contributed by atoms with van der Waals surface area (Å²) in [4.78, 5) is 14.4. The van der Waals surface area contributed by atoms with Crippen molar-refractivity contribution in [3.8, 4) is 0 Å².